The SMILES string of the molecule is O=c1c2ccc(OCCN3CCC3)cc2[nH]c2ccc(OCCN3CCC3)cc12. The second-order valence-electron chi connectivity index (χ2n) is 7.96. The summed E-state index contributed by atoms with van der Waals surface area (Å²) in [7, 11) is 0. The first kappa shape index (κ1) is 18.5. The Kier molecular flexibility index (Phi) is 5.12. The summed E-state index contributed by atoms with van der Waals surface area (Å²) < 4.78 is 11.7. The molecule has 2 fully saturated rings. The number of fused-ring (bicyclic) bond motifs is 2. The summed E-state index contributed by atoms with van der Waals surface area (Å²) in [6.07, 6.45) is 2.57. The Bertz CT molecular complexity index is 1070. The first-order chi connectivity index (χ1) is 14.3. The number of nitrogens with zero attached hydrogens (tertiary/aromatic N) is 2. The summed E-state index contributed by atoms with van der Waals surface area (Å²) in [6, 6.07) is 11.3. The standard InChI is InChI=1S/C23H27N3O3/c27-23-19-5-3-18(29-14-12-26-9-2-10-26)16-22(19)24-21-6-4-17(15-20(21)23)28-13-11-25-7-1-8-25/h3-6,15-16H,1-2,7-14H2,(H,24,27). The molecule has 2 saturated heterocycles. The van der Waals surface area contributed by atoms with Gasteiger partial charge in [0.15, 0.2) is 5.43 Å². The second-order valence-corrected chi connectivity index (χ2v) is 7.96. The number of rotatable bonds is 8. The lowest BCUT2D eigenvalue weighted by Crippen LogP contribution is -2.39. The monoisotopic (exact) mass is 393 g/mol. The molecule has 0 saturated carbocycles. The van der Waals surface area contributed by atoms with Crippen LogP contribution in [0.15, 0.2) is 41.2 Å². The largest absolute Gasteiger partial charge is 0.492 e. The summed E-state index contributed by atoms with van der Waals surface area (Å²) in [5.41, 5.74) is 1.64. The molecule has 0 aliphatic carbocycles. The quantitative estimate of drug-likeness (QED) is 0.597. The van der Waals surface area contributed by atoms with E-state index in [0.29, 0.717) is 24.0 Å². The molecule has 6 nitrogen and oxygen atoms in total. The lowest BCUT2D eigenvalue weighted by molar-refractivity contribution is 0.147. The Morgan fingerprint density at radius 1 is 0.759 bits per heavy atom. The molecule has 2 aromatic carbocycles. The van der Waals surface area contributed by atoms with Gasteiger partial charge in [0.25, 0.3) is 0 Å². The Morgan fingerprint density at radius 3 is 2.00 bits per heavy atom. The molecule has 0 bridgehead atoms. The zero-order valence-corrected chi connectivity index (χ0v) is 16.7. The molecule has 152 valence electrons. The number of benzene rings is 2. The van der Waals surface area contributed by atoms with E-state index in [9.17, 15) is 4.79 Å². The van der Waals surface area contributed by atoms with Gasteiger partial charge < -0.3 is 14.5 Å². The van der Waals surface area contributed by atoms with Crippen molar-refractivity contribution >= 4 is 21.8 Å². The highest BCUT2D eigenvalue weighted by Crippen LogP contribution is 2.23. The van der Waals surface area contributed by atoms with Crippen LogP contribution in [0.5, 0.6) is 11.5 Å². The van der Waals surface area contributed by atoms with E-state index in [1.165, 1.54) is 25.9 Å². The molecule has 2 aliphatic heterocycles. The van der Waals surface area contributed by atoms with Crippen molar-refractivity contribution < 1.29 is 9.47 Å². The summed E-state index contributed by atoms with van der Waals surface area (Å²) in [5.74, 6) is 1.53. The molecule has 0 amide bonds. The van der Waals surface area contributed by atoms with E-state index in [1.807, 2.05) is 36.4 Å². The van der Waals surface area contributed by atoms with Crippen molar-refractivity contribution in [3.8, 4) is 11.5 Å². The van der Waals surface area contributed by atoms with Crippen molar-refractivity contribution in [2.75, 3.05) is 52.5 Å². The topological polar surface area (TPSA) is 57.8 Å². The van der Waals surface area contributed by atoms with Gasteiger partial charge in [0.2, 0.25) is 0 Å². The van der Waals surface area contributed by atoms with Gasteiger partial charge in [-0.15, -0.1) is 0 Å². The second kappa shape index (κ2) is 8.05. The molecule has 0 spiro atoms. The molecule has 1 aromatic heterocycles. The smallest absolute Gasteiger partial charge is 0.197 e. The maximum absolute atomic E-state index is 13.0. The zero-order chi connectivity index (χ0) is 19.6. The van der Waals surface area contributed by atoms with Crippen molar-refractivity contribution in [3.05, 3.63) is 46.6 Å². The minimum absolute atomic E-state index is 0.0223. The van der Waals surface area contributed by atoms with Gasteiger partial charge >= 0.3 is 0 Å². The number of likely N-dealkylation sites (tertiary alicyclic amines) is 2. The molecule has 0 atom stereocenters. The van der Waals surface area contributed by atoms with Gasteiger partial charge in [-0.1, -0.05) is 0 Å². The van der Waals surface area contributed by atoms with E-state index in [-0.39, 0.29) is 5.43 Å². The van der Waals surface area contributed by atoms with Crippen molar-refractivity contribution in [3.63, 3.8) is 0 Å². The first-order valence-corrected chi connectivity index (χ1v) is 10.6. The maximum atomic E-state index is 13.0. The van der Waals surface area contributed by atoms with Crippen LogP contribution in [0.2, 0.25) is 0 Å². The first-order valence-electron chi connectivity index (χ1n) is 10.6. The number of hydrogen-bond acceptors (Lipinski definition) is 5. The van der Waals surface area contributed by atoms with Crippen LogP contribution in [0.1, 0.15) is 12.8 Å². The number of aromatic nitrogens is 1. The molecule has 2 aliphatic rings. The fourth-order valence-electron chi connectivity index (χ4n) is 3.91. The van der Waals surface area contributed by atoms with Crippen LogP contribution in [-0.2, 0) is 0 Å². The third-order valence-corrected chi connectivity index (χ3v) is 5.99. The molecular formula is C23H27N3O3. The molecule has 6 heteroatoms. The van der Waals surface area contributed by atoms with Gasteiger partial charge in [-0.25, -0.2) is 0 Å². The predicted molar refractivity (Wildman–Crippen MR) is 115 cm³/mol. The van der Waals surface area contributed by atoms with E-state index in [0.717, 1.165) is 48.7 Å². The van der Waals surface area contributed by atoms with Crippen molar-refractivity contribution in [1.82, 2.24) is 14.8 Å². The minimum Gasteiger partial charge on any atom is -0.492 e. The average Bonchev–Trinajstić information content (AvgIpc) is 2.66. The molecular weight excluding hydrogens is 366 g/mol. The highest BCUT2D eigenvalue weighted by atomic mass is 16.5. The molecule has 29 heavy (non-hydrogen) atoms. The number of pyridine rings is 1. The fourth-order valence-corrected chi connectivity index (χ4v) is 3.91. The number of nitrogens with one attached hydrogen (secondary N) is 1. The van der Waals surface area contributed by atoms with E-state index in [2.05, 4.69) is 14.8 Å². The Balaban J connectivity index is 1.33. The van der Waals surface area contributed by atoms with Gasteiger partial charge in [0.1, 0.15) is 24.7 Å². The summed E-state index contributed by atoms with van der Waals surface area (Å²) in [5, 5.41) is 1.33. The molecule has 5 rings (SSSR count). The molecule has 0 unspecified atom stereocenters. The molecule has 0 radical (unpaired) electrons. The van der Waals surface area contributed by atoms with Crippen molar-refractivity contribution in [2.45, 2.75) is 12.8 Å². The van der Waals surface area contributed by atoms with Crippen molar-refractivity contribution in [1.29, 1.82) is 0 Å². The van der Waals surface area contributed by atoms with Gasteiger partial charge in [-0.3, -0.25) is 14.6 Å². The third-order valence-electron chi connectivity index (χ3n) is 5.99. The van der Waals surface area contributed by atoms with Gasteiger partial charge in [0, 0.05) is 29.9 Å². The molecule has 1 N–H and O–H groups in total. The third kappa shape index (κ3) is 3.95. The lowest BCUT2D eigenvalue weighted by atomic mass is 10.1. The summed E-state index contributed by atoms with van der Waals surface area (Å²) in [4.78, 5) is 21.1. The van der Waals surface area contributed by atoms with Gasteiger partial charge in [0.05, 0.1) is 11.0 Å². The van der Waals surface area contributed by atoms with E-state index < -0.39 is 0 Å². The van der Waals surface area contributed by atoms with Crippen LogP contribution in [0.4, 0.5) is 0 Å². The Hall–Kier alpha value is -2.57. The van der Waals surface area contributed by atoms with Crippen LogP contribution >= 0.6 is 0 Å². The zero-order valence-electron chi connectivity index (χ0n) is 16.7. The van der Waals surface area contributed by atoms with Crippen LogP contribution in [0, 0.1) is 0 Å². The van der Waals surface area contributed by atoms with Crippen LogP contribution in [-0.4, -0.2) is 67.3 Å². The Morgan fingerprint density at radius 2 is 1.38 bits per heavy atom. The summed E-state index contributed by atoms with van der Waals surface area (Å²) in [6.45, 7) is 7.87. The van der Waals surface area contributed by atoms with Crippen LogP contribution < -0.4 is 14.9 Å². The number of hydrogen-bond donors (Lipinski definition) is 1. The highest BCUT2D eigenvalue weighted by Gasteiger charge is 2.14. The minimum atomic E-state index is 0.0223. The predicted octanol–water partition coefficient (Wildman–Crippen LogP) is 2.85. The van der Waals surface area contributed by atoms with Crippen molar-refractivity contribution in [2.24, 2.45) is 0 Å². The van der Waals surface area contributed by atoms with Crippen LogP contribution in [0.3, 0.4) is 0 Å². The number of aromatic amines is 1. The van der Waals surface area contributed by atoms with E-state index in [4.69, 9.17) is 9.47 Å². The highest BCUT2D eigenvalue weighted by molar-refractivity contribution is 5.93. The summed E-state index contributed by atoms with van der Waals surface area (Å²) >= 11 is 0. The maximum Gasteiger partial charge on any atom is 0.197 e. The van der Waals surface area contributed by atoms with Gasteiger partial charge in [-0.2, -0.15) is 0 Å². The fraction of sp³-hybridized carbons (Fsp3) is 0.435. The number of ether oxygens (including phenoxy) is 2. The molecule has 3 aromatic rings. The lowest BCUT2D eigenvalue weighted by Gasteiger charge is -2.30. The average molecular weight is 393 g/mol. The Labute approximate surface area is 170 Å². The molecule has 3 heterocycles. The van der Waals surface area contributed by atoms with Crippen LogP contribution in [0.25, 0.3) is 21.8 Å². The number of H-pyrrole nitrogens is 1. The van der Waals surface area contributed by atoms with Gasteiger partial charge in [-0.05, 0) is 69.4 Å². The van der Waals surface area contributed by atoms with E-state index >= 15 is 0 Å². The van der Waals surface area contributed by atoms with E-state index in [1.54, 1.807) is 0 Å². The normalized spacial score (nSPS) is 17.2.